The van der Waals surface area contributed by atoms with Crippen LogP contribution in [-0.2, 0) is 0 Å². The van der Waals surface area contributed by atoms with Gasteiger partial charge in [-0.25, -0.2) is 4.98 Å². The van der Waals surface area contributed by atoms with Crippen molar-refractivity contribution in [3.63, 3.8) is 0 Å². The molecule has 0 aliphatic heterocycles. The van der Waals surface area contributed by atoms with E-state index >= 15 is 0 Å². The molecular weight excluding hydrogens is 358 g/mol. The van der Waals surface area contributed by atoms with Gasteiger partial charge in [0.2, 0.25) is 5.89 Å². The highest BCUT2D eigenvalue weighted by Crippen LogP contribution is 2.28. The molecule has 0 aliphatic carbocycles. The summed E-state index contributed by atoms with van der Waals surface area (Å²) >= 11 is 0. The number of anilines is 1. The number of amides is 1. The summed E-state index contributed by atoms with van der Waals surface area (Å²) in [6.07, 6.45) is 3.28. The second kappa shape index (κ2) is 7.40. The van der Waals surface area contributed by atoms with Gasteiger partial charge in [-0.15, -0.1) is 0 Å². The van der Waals surface area contributed by atoms with Crippen LogP contribution in [0.2, 0.25) is 0 Å². The largest absolute Gasteiger partial charge is 0.497 e. The van der Waals surface area contributed by atoms with E-state index in [1.807, 2.05) is 12.1 Å². The summed E-state index contributed by atoms with van der Waals surface area (Å²) in [6, 6.07) is 14.1. The van der Waals surface area contributed by atoms with Gasteiger partial charge in [0, 0.05) is 23.5 Å². The van der Waals surface area contributed by atoms with Gasteiger partial charge in [-0.1, -0.05) is 6.07 Å². The lowest BCUT2D eigenvalue weighted by molar-refractivity contribution is 0.102. The third-order valence-corrected chi connectivity index (χ3v) is 4.21. The fourth-order valence-electron chi connectivity index (χ4n) is 2.82. The Bertz CT molecular complexity index is 1120. The number of pyridine rings is 1. The third kappa shape index (κ3) is 3.37. The lowest BCUT2D eigenvalue weighted by Crippen LogP contribution is -2.13. The number of benzene rings is 2. The van der Waals surface area contributed by atoms with Crippen molar-refractivity contribution in [2.75, 3.05) is 19.5 Å². The van der Waals surface area contributed by atoms with Crippen molar-refractivity contribution < 1.29 is 18.7 Å². The second-order valence-corrected chi connectivity index (χ2v) is 5.96. The average Bonchev–Trinajstić information content (AvgIpc) is 3.17. The molecule has 0 fully saturated rings. The summed E-state index contributed by atoms with van der Waals surface area (Å²) in [5, 5.41) is 2.87. The lowest BCUT2D eigenvalue weighted by Gasteiger charge is -2.11. The Balaban J connectivity index is 1.61. The number of hydrogen-bond donors (Lipinski definition) is 1. The van der Waals surface area contributed by atoms with Crippen molar-refractivity contribution in [2.45, 2.75) is 0 Å². The molecule has 4 rings (SSSR count). The fraction of sp³-hybridized carbons (Fsp3) is 0.0952. The molecule has 0 bridgehead atoms. The molecule has 2 aromatic heterocycles. The topological polar surface area (TPSA) is 86.5 Å². The SMILES string of the molecule is COc1ccc(C(=O)Nc2cccc(-c3nc4ccncc4o3)c2)c(OC)c1. The Morgan fingerprint density at radius 2 is 1.96 bits per heavy atom. The zero-order valence-electron chi connectivity index (χ0n) is 15.3. The number of aromatic nitrogens is 2. The minimum atomic E-state index is -0.293. The van der Waals surface area contributed by atoms with Gasteiger partial charge in [0.15, 0.2) is 5.58 Å². The molecule has 1 N–H and O–H groups in total. The first-order valence-corrected chi connectivity index (χ1v) is 8.52. The van der Waals surface area contributed by atoms with Crippen LogP contribution in [0.4, 0.5) is 5.69 Å². The molecule has 7 nitrogen and oxygen atoms in total. The molecule has 0 atom stereocenters. The number of nitrogens with one attached hydrogen (secondary N) is 1. The summed E-state index contributed by atoms with van der Waals surface area (Å²) in [4.78, 5) is 21.2. The lowest BCUT2D eigenvalue weighted by atomic mass is 10.1. The van der Waals surface area contributed by atoms with Crippen molar-refractivity contribution in [3.05, 3.63) is 66.5 Å². The van der Waals surface area contributed by atoms with Gasteiger partial charge in [0.05, 0.1) is 26.0 Å². The second-order valence-electron chi connectivity index (χ2n) is 5.96. The molecule has 1 amide bonds. The molecule has 28 heavy (non-hydrogen) atoms. The molecule has 0 radical (unpaired) electrons. The van der Waals surface area contributed by atoms with Crippen molar-refractivity contribution in [2.24, 2.45) is 0 Å². The normalized spacial score (nSPS) is 10.6. The Morgan fingerprint density at radius 3 is 2.75 bits per heavy atom. The zero-order valence-corrected chi connectivity index (χ0v) is 15.3. The number of nitrogens with zero attached hydrogens (tertiary/aromatic N) is 2. The van der Waals surface area contributed by atoms with Crippen LogP contribution in [0.15, 0.2) is 65.3 Å². The minimum absolute atomic E-state index is 0.293. The van der Waals surface area contributed by atoms with Crippen LogP contribution in [0.5, 0.6) is 11.5 Å². The highest BCUT2D eigenvalue weighted by Gasteiger charge is 2.15. The van der Waals surface area contributed by atoms with Crippen molar-refractivity contribution in [1.29, 1.82) is 0 Å². The van der Waals surface area contributed by atoms with Crippen LogP contribution in [0, 0.1) is 0 Å². The summed E-state index contributed by atoms with van der Waals surface area (Å²) < 4.78 is 16.2. The van der Waals surface area contributed by atoms with E-state index in [9.17, 15) is 4.79 Å². The maximum absolute atomic E-state index is 12.7. The van der Waals surface area contributed by atoms with E-state index in [1.165, 1.54) is 7.11 Å². The maximum atomic E-state index is 12.7. The third-order valence-electron chi connectivity index (χ3n) is 4.21. The van der Waals surface area contributed by atoms with Crippen LogP contribution >= 0.6 is 0 Å². The summed E-state index contributed by atoms with van der Waals surface area (Å²) in [5.41, 5.74) is 3.09. The average molecular weight is 375 g/mol. The van der Waals surface area contributed by atoms with Crippen molar-refractivity contribution in [3.8, 4) is 23.0 Å². The summed E-state index contributed by atoms with van der Waals surface area (Å²) in [6.45, 7) is 0. The number of hydrogen-bond acceptors (Lipinski definition) is 6. The molecule has 2 aromatic carbocycles. The molecule has 140 valence electrons. The summed E-state index contributed by atoms with van der Waals surface area (Å²) in [5.74, 6) is 1.21. The first-order valence-electron chi connectivity index (χ1n) is 8.52. The number of fused-ring (bicyclic) bond motifs is 1. The zero-order chi connectivity index (χ0) is 19.5. The number of rotatable bonds is 5. The first kappa shape index (κ1) is 17.5. The van der Waals surface area contributed by atoms with Gasteiger partial charge in [0.25, 0.3) is 5.91 Å². The first-order chi connectivity index (χ1) is 13.7. The van der Waals surface area contributed by atoms with Gasteiger partial charge < -0.3 is 19.2 Å². The van der Waals surface area contributed by atoms with Crippen molar-refractivity contribution >= 4 is 22.7 Å². The van der Waals surface area contributed by atoms with Crippen LogP contribution in [-0.4, -0.2) is 30.1 Å². The van der Waals surface area contributed by atoms with Crippen LogP contribution in [0.1, 0.15) is 10.4 Å². The Hall–Kier alpha value is -3.87. The molecule has 0 saturated carbocycles. The standard InChI is InChI=1S/C21H17N3O4/c1-26-15-6-7-16(18(11-15)27-2)20(25)23-14-5-3-4-13(10-14)21-24-17-8-9-22-12-19(17)28-21/h3-12H,1-2H3,(H,23,25). The van der Waals surface area contributed by atoms with Gasteiger partial charge in [-0.2, -0.15) is 0 Å². The number of oxazole rings is 1. The molecule has 0 aliphatic rings. The number of methoxy groups -OCH3 is 2. The maximum Gasteiger partial charge on any atom is 0.259 e. The van der Waals surface area contributed by atoms with Crippen LogP contribution < -0.4 is 14.8 Å². The van der Waals surface area contributed by atoms with E-state index < -0.39 is 0 Å². The van der Waals surface area contributed by atoms with Gasteiger partial charge in [-0.3, -0.25) is 9.78 Å². The Kier molecular flexibility index (Phi) is 4.63. The molecular formula is C21H17N3O4. The predicted molar refractivity (Wildman–Crippen MR) is 105 cm³/mol. The minimum Gasteiger partial charge on any atom is -0.497 e. The predicted octanol–water partition coefficient (Wildman–Crippen LogP) is 4.16. The van der Waals surface area contributed by atoms with Gasteiger partial charge in [-0.05, 0) is 36.4 Å². The van der Waals surface area contributed by atoms with Crippen molar-refractivity contribution in [1.82, 2.24) is 9.97 Å². The molecule has 4 aromatic rings. The molecule has 0 spiro atoms. The molecule has 0 saturated heterocycles. The highest BCUT2D eigenvalue weighted by atomic mass is 16.5. The number of carbonyl (C=O) groups is 1. The molecule has 0 unspecified atom stereocenters. The summed E-state index contributed by atoms with van der Waals surface area (Å²) in [7, 11) is 3.07. The van der Waals surface area contributed by atoms with E-state index in [1.54, 1.807) is 55.9 Å². The van der Waals surface area contributed by atoms with Crippen LogP contribution in [0.3, 0.4) is 0 Å². The van der Waals surface area contributed by atoms with Gasteiger partial charge in [0.1, 0.15) is 17.0 Å². The Labute approximate surface area is 160 Å². The smallest absolute Gasteiger partial charge is 0.259 e. The van der Waals surface area contributed by atoms with E-state index in [2.05, 4.69) is 15.3 Å². The van der Waals surface area contributed by atoms with E-state index in [0.29, 0.717) is 34.2 Å². The fourth-order valence-corrected chi connectivity index (χ4v) is 2.82. The quantitative estimate of drug-likeness (QED) is 0.564. The van der Waals surface area contributed by atoms with Crippen LogP contribution in [0.25, 0.3) is 22.6 Å². The Morgan fingerprint density at radius 1 is 1.07 bits per heavy atom. The van der Waals surface area contributed by atoms with E-state index in [0.717, 1.165) is 11.1 Å². The number of ether oxygens (including phenoxy) is 2. The molecule has 7 heteroatoms. The molecule has 2 heterocycles. The number of carbonyl (C=O) groups excluding carboxylic acids is 1. The highest BCUT2D eigenvalue weighted by molar-refractivity contribution is 6.06. The van der Waals surface area contributed by atoms with Gasteiger partial charge >= 0.3 is 0 Å². The van der Waals surface area contributed by atoms with E-state index in [-0.39, 0.29) is 5.91 Å². The monoisotopic (exact) mass is 375 g/mol. The van der Waals surface area contributed by atoms with E-state index in [4.69, 9.17) is 13.9 Å².